The van der Waals surface area contributed by atoms with Gasteiger partial charge in [0.2, 0.25) is 6.79 Å². The second-order valence-corrected chi connectivity index (χ2v) is 4.01. The van der Waals surface area contributed by atoms with Crippen molar-refractivity contribution in [2.45, 2.75) is 13.3 Å². The lowest BCUT2D eigenvalue weighted by Gasteiger charge is -2.05. The molecular formula is C13H13N3O2. The highest BCUT2D eigenvalue weighted by Gasteiger charge is 2.16. The van der Waals surface area contributed by atoms with E-state index in [0.717, 1.165) is 40.2 Å². The van der Waals surface area contributed by atoms with Crippen molar-refractivity contribution >= 4 is 16.6 Å². The summed E-state index contributed by atoms with van der Waals surface area (Å²) >= 11 is 0. The zero-order valence-corrected chi connectivity index (χ0v) is 10.3. The maximum atomic E-state index is 5.37. The average molecular weight is 243 g/mol. The van der Waals surface area contributed by atoms with Crippen molar-refractivity contribution in [3.8, 4) is 11.5 Å². The number of azo groups is 1. The average Bonchev–Trinajstić information content (AvgIpc) is 2.83. The molecule has 0 saturated heterocycles. The quantitative estimate of drug-likeness (QED) is 0.761. The number of nitrogens with zero attached hydrogens (tertiary/aromatic N) is 3. The van der Waals surface area contributed by atoms with Crippen molar-refractivity contribution in [2.24, 2.45) is 10.2 Å². The molecule has 1 aromatic carbocycles. The van der Waals surface area contributed by atoms with Crippen LogP contribution in [0.5, 0.6) is 11.5 Å². The lowest BCUT2D eigenvalue weighted by molar-refractivity contribution is 0.174. The van der Waals surface area contributed by atoms with E-state index in [1.54, 1.807) is 7.05 Å². The van der Waals surface area contributed by atoms with Gasteiger partial charge in [0, 0.05) is 24.2 Å². The Bertz CT molecular complexity index is 638. The van der Waals surface area contributed by atoms with Crippen LogP contribution in [0, 0.1) is 0 Å². The number of aromatic nitrogens is 1. The lowest BCUT2D eigenvalue weighted by Crippen LogP contribution is -1.92. The summed E-state index contributed by atoms with van der Waals surface area (Å²) < 4.78 is 10.7. The number of aryl methyl sites for hydroxylation is 1. The molecule has 18 heavy (non-hydrogen) atoms. The molecule has 92 valence electrons. The summed E-state index contributed by atoms with van der Waals surface area (Å²) in [6.45, 7) is 2.32. The molecule has 0 saturated carbocycles. The fourth-order valence-electron chi connectivity index (χ4n) is 2.02. The number of fused-ring (bicyclic) bond motifs is 2. The van der Waals surface area contributed by atoms with Crippen LogP contribution in [-0.4, -0.2) is 18.8 Å². The molecule has 2 heterocycles. The summed E-state index contributed by atoms with van der Waals surface area (Å²) in [5, 5.41) is 8.94. The van der Waals surface area contributed by atoms with Crippen LogP contribution in [0.15, 0.2) is 28.4 Å². The second-order valence-electron chi connectivity index (χ2n) is 4.01. The van der Waals surface area contributed by atoms with Gasteiger partial charge >= 0.3 is 0 Å². The largest absolute Gasteiger partial charge is 0.454 e. The zero-order valence-electron chi connectivity index (χ0n) is 10.3. The third-order valence-electron chi connectivity index (χ3n) is 2.90. The van der Waals surface area contributed by atoms with E-state index >= 15 is 0 Å². The van der Waals surface area contributed by atoms with Crippen LogP contribution in [0.3, 0.4) is 0 Å². The molecule has 1 aromatic heterocycles. The van der Waals surface area contributed by atoms with Crippen molar-refractivity contribution in [2.75, 3.05) is 13.8 Å². The van der Waals surface area contributed by atoms with Crippen LogP contribution in [0.4, 0.5) is 5.69 Å². The standard InChI is InChI=1S/C13H13N3O2/c1-3-8-4-11(16-14-2)9-5-12-13(18-7-17-12)6-10(9)15-8/h4-6H,3,7H2,1-2H3. The van der Waals surface area contributed by atoms with Gasteiger partial charge in [-0.15, -0.1) is 0 Å². The first-order valence-corrected chi connectivity index (χ1v) is 5.85. The number of ether oxygens (including phenoxy) is 2. The Morgan fingerprint density at radius 1 is 1.22 bits per heavy atom. The molecule has 2 aromatic rings. The predicted molar refractivity (Wildman–Crippen MR) is 67.7 cm³/mol. The monoisotopic (exact) mass is 243 g/mol. The van der Waals surface area contributed by atoms with Crippen LogP contribution in [0.1, 0.15) is 12.6 Å². The second kappa shape index (κ2) is 4.25. The van der Waals surface area contributed by atoms with E-state index < -0.39 is 0 Å². The Morgan fingerprint density at radius 3 is 2.72 bits per heavy atom. The number of rotatable bonds is 2. The van der Waals surface area contributed by atoms with Crippen LogP contribution in [-0.2, 0) is 6.42 Å². The van der Waals surface area contributed by atoms with Gasteiger partial charge in [-0.2, -0.15) is 10.2 Å². The maximum absolute atomic E-state index is 5.37. The summed E-state index contributed by atoms with van der Waals surface area (Å²) in [6, 6.07) is 5.76. The third kappa shape index (κ3) is 1.68. The van der Waals surface area contributed by atoms with Crippen LogP contribution in [0.25, 0.3) is 10.9 Å². The first-order chi connectivity index (χ1) is 8.81. The molecular weight excluding hydrogens is 230 g/mol. The molecule has 5 nitrogen and oxygen atoms in total. The molecule has 0 spiro atoms. The molecule has 0 atom stereocenters. The van der Waals surface area contributed by atoms with E-state index in [1.165, 1.54) is 0 Å². The molecule has 3 rings (SSSR count). The van der Waals surface area contributed by atoms with E-state index in [0.29, 0.717) is 0 Å². The molecule has 0 aliphatic carbocycles. The van der Waals surface area contributed by atoms with Gasteiger partial charge in [-0.1, -0.05) is 6.92 Å². The van der Waals surface area contributed by atoms with E-state index in [1.807, 2.05) is 18.2 Å². The minimum atomic E-state index is 0.261. The summed E-state index contributed by atoms with van der Waals surface area (Å²) in [5.41, 5.74) is 2.67. The van der Waals surface area contributed by atoms with E-state index in [4.69, 9.17) is 9.47 Å². The number of benzene rings is 1. The minimum absolute atomic E-state index is 0.261. The van der Waals surface area contributed by atoms with Crippen LogP contribution >= 0.6 is 0 Å². The first-order valence-electron chi connectivity index (χ1n) is 5.85. The van der Waals surface area contributed by atoms with Gasteiger partial charge in [0.1, 0.15) is 0 Å². The van der Waals surface area contributed by atoms with E-state index in [2.05, 4.69) is 22.1 Å². The highest BCUT2D eigenvalue weighted by molar-refractivity contribution is 5.92. The highest BCUT2D eigenvalue weighted by atomic mass is 16.7. The maximum Gasteiger partial charge on any atom is 0.231 e. The van der Waals surface area contributed by atoms with E-state index in [9.17, 15) is 0 Å². The molecule has 0 amide bonds. The number of pyridine rings is 1. The molecule has 0 fully saturated rings. The zero-order chi connectivity index (χ0) is 12.5. The SMILES string of the molecule is CCc1cc(N=NC)c2cc3c(cc2n1)OCO3. The highest BCUT2D eigenvalue weighted by Crippen LogP contribution is 2.38. The van der Waals surface area contributed by atoms with Crippen molar-refractivity contribution in [1.29, 1.82) is 0 Å². The molecule has 0 bridgehead atoms. The lowest BCUT2D eigenvalue weighted by atomic mass is 10.1. The van der Waals surface area contributed by atoms with Gasteiger partial charge in [0.05, 0.1) is 11.2 Å². The fourth-order valence-corrected chi connectivity index (χ4v) is 2.02. The number of hydrogen-bond acceptors (Lipinski definition) is 5. The van der Waals surface area contributed by atoms with Gasteiger partial charge in [0.25, 0.3) is 0 Å². The Kier molecular flexibility index (Phi) is 2.59. The minimum Gasteiger partial charge on any atom is -0.454 e. The van der Waals surface area contributed by atoms with Gasteiger partial charge in [0.15, 0.2) is 11.5 Å². The van der Waals surface area contributed by atoms with Crippen molar-refractivity contribution in [3.63, 3.8) is 0 Å². The topological polar surface area (TPSA) is 56.1 Å². The Hall–Kier alpha value is -2.17. The molecule has 0 radical (unpaired) electrons. The first kappa shape index (κ1) is 11.0. The third-order valence-corrected chi connectivity index (χ3v) is 2.90. The smallest absolute Gasteiger partial charge is 0.231 e. The molecule has 0 N–H and O–H groups in total. The number of hydrogen-bond donors (Lipinski definition) is 0. The van der Waals surface area contributed by atoms with Crippen LogP contribution < -0.4 is 9.47 Å². The Morgan fingerprint density at radius 2 is 2.00 bits per heavy atom. The Balaban J connectivity index is 2.30. The Labute approximate surface area is 104 Å². The predicted octanol–water partition coefficient (Wildman–Crippen LogP) is 3.24. The van der Waals surface area contributed by atoms with Gasteiger partial charge < -0.3 is 9.47 Å². The molecule has 0 unspecified atom stereocenters. The normalized spacial score (nSPS) is 13.7. The fraction of sp³-hybridized carbons (Fsp3) is 0.308. The van der Waals surface area contributed by atoms with Crippen molar-refractivity contribution in [1.82, 2.24) is 4.98 Å². The molecule has 1 aliphatic rings. The van der Waals surface area contributed by atoms with Crippen molar-refractivity contribution < 1.29 is 9.47 Å². The summed E-state index contributed by atoms with van der Waals surface area (Å²) in [4.78, 5) is 4.58. The molecule has 1 aliphatic heterocycles. The van der Waals surface area contributed by atoms with Gasteiger partial charge in [-0.05, 0) is 18.6 Å². The van der Waals surface area contributed by atoms with Crippen molar-refractivity contribution in [3.05, 3.63) is 23.9 Å². The van der Waals surface area contributed by atoms with Gasteiger partial charge in [-0.3, -0.25) is 4.98 Å². The molecule has 5 heteroatoms. The summed E-state index contributed by atoms with van der Waals surface area (Å²) in [6.07, 6.45) is 0.858. The van der Waals surface area contributed by atoms with E-state index in [-0.39, 0.29) is 6.79 Å². The summed E-state index contributed by atoms with van der Waals surface area (Å²) in [7, 11) is 1.66. The summed E-state index contributed by atoms with van der Waals surface area (Å²) in [5.74, 6) is 1.48. The van der Waals surface area contributed by atoms with Crippen LogP contribution in [0.2, 0.25) is 0 Å². The van der Waals surface area contributed by atoms with Gasteiger partial charge in [-0.25, -0.2) is 0 Å².